The number of carbonyl (C=O) groups is 1. The van der Waals surface area contributed by atoms with Crippen LogP contribution in [0.2, 0.25) is 0 Å². The first-order valence-electron chi connectivity index (χ1n) is 3.31. The summed E-state index contributed by atoms with van der Waals surface area (Å²) in [6.07, 6.45) is 1.21. The molecule has 0 radical (unpaired) electrons. The standard InChI is InChI=1S/C7H9N3O2/c1-4-2-5(7(12)10-8)6(11)3-9-4/h2-3,11H,8H2,1H3,(H,10,12). The maximum atomic E-state index is 11.0. The fourth-order valence-corrected chi connectivity index (χ4v) is 0.812. The van der Waals surface area contributed by atoms with E-state index in [4.69, 9.17) is 10.9 Å². The lowest BCUT2D eigenvalue weighted by molar-refractivity contribution is 0.0950. The molecule has 0 saturated carbocycles. The van der Waals surface area contributed by atoms with E-state index in [9.17, 15) is 4.79 Å². The van der Waals surface area contributed by atoms with Crippen LogP contribution in [0.3, 0.4) is 0 Å². The van der Waals surface area contributed by atoms with Gasteiger partial charge in [-0.2, -0.15) is 0 Å². The van der Waals surface area contributed by atoms with Crippen molar-refractivity contribution in [1.82, 2.24) is 10.4 Å². The highest BCUT2D eigenvalue weighted by Gasteiger charge is 2.09. The molecular formula is C7H9N3O2. The first kappa shape index (κ1) is 8.48. The van der Waals surface area contributed by atoms with Crippen LogP contribution < -0.4 is 11.3 Å². The predicted molar refractivity (Wildman–Crippen MR) is 42.3 cm³/mol. The Bertz CT molecular complexity index is 312. The molecule has 0 aliphatic heterocycles. The van der Waals surface area contributed by atoms with Crippen molar-refractivity contribution in [2.24, 2.45) is 5.84 Å². The Morgan fingerprint density at radius 1 is 1.75 bits per heavy atom. The van der Waals surface area contributed by atoms with Crippen LogP contribution in [0.15, 0.2) is 12.3 Å². The number of rotatable bonds is 1. The molecule has 0 aromatic carbocycles. The average Bonchev–Trinajstić information content (AvgIpc) is 2.08. The third kappa shape index (κ3) is 1.51. The number of pyridine rings is 1. The zero-order chi connectivity index (χ0) is 9.14. The van der Waals surface area contributed by atoms with E-state index in [0.717, 1.165) is 0 Å². The van der Waals surface area contributed by atoms with Crippen LogP contribution in [0.25, 0.3) is 0 Å². The number of aromatic nitrogens is 1. The van der Waals surface area contributed by atoms with Crippen LogP contribution in [-0.2, 0) is 0 Å². The molecule has 1 heterocycles. The van der Waals surface area contributed by atoms with Gasteiger partial charge in [-0.05, 0) is 13.0 Å². The molecule has 4 N–H and O–H groups in total. The number of carbonyl (C=O) groups excluding carboxylic acids is 1. The summed E-state index contributed by atoms with van der Waals surface area (Å²) in [6.45, 7) is 1.72. The monoisotopic (exact) mass is 167 g/mol. The summed E-state index contributed by atoms with van der Waals surface area (Å²) in [6, 6.07) is 1.46. The maximum Gasteiger partial charge on any atom is 0.269 e. The van der Waals surface area contributed by atoms with E-state index in [1.165, 1.54) is 12.3 Å². The van der Waals surface area contributed by atoms with E-state index >= 15 is 0 Å². The molecule has 5 nitrogen and oxygen atoms in total. The summed E-state index contributed by atoms with van der Waals surface area (Å²) in [7, 11) is 0. The molecule has 0 spiro atoms. The molecular weight excluding hydrogens is 158 g/mol. The van der Waals surface area contributed by atoms with Crippen molar-refractivity contribution >= 4 is 5.91 Å². The lowest BCUT2D eigenvalue weighted by Crippen LogP contribution is -2.30. The number of aromatic hydroxyl groups is 1. The van der Waals surface area contributed by atoms with Gasteiger partial charge in [-0.1, -0.05) is 0 Å². The normalized spacial score (nSPS) is 9.50. The molecule has 0 aliphatic carbocycles. The number of nitrogens with one attached hydrogen (secondary N) is 1. The van der Waals surface area contributed by atoms with Gasteiger partial charge >= 0.3 is 0 Å². The fourth-order valence-electron chi connectivity index (χ4n) is 0.812. The third-order valence-electron chi connectivity index (χ3n) is 1.40. The van der Waals surface area contributed by atoms with Crippen LogP contribution in [0, 0.1) is 6.92 Å². The molecule has 0 bridgehead atoms. The summed E-state index contributed by atoms with van der Waals surface area (Å²) in [5.74, 6) is 4.19. The second kappa shape index (κ2) is 3.19. The highest BCUT2D eigenvalue weighted by atomic mass is 16.3. The molecule has 1 aromatic heterocycles. The first-order chi connectivity index (χ1) is 5.65. The summed E-state index contributed by atoms with van der Waals surface area (Å²) in [5.41, 5.74) is 2.70. The molecule has 5 heteroatoms. The molecule has 12 heavy (non-hydrogen) atoms. The lowest BCUT2D eigenvalue weighted by Gasteiger charge is -2.02. The molecule has 0 atom stereocenters. The molecule has 0 fully saturated rings. The Hall–Kier alpha value is -1.62. The van der Waals surface area contributed by atoms with Gasteiger partial charge in [-0.3, -0.25) is 15.2 Å². The van der Waals surface area contributed by atoms with Crippen LogP contribution >= 0.6 is 0 Å². The predicted octanol–water partition coefficient (Wildman–Crippen LogP) is -0.301. The number of hydrogen-bond acceptors (Lipinski definition) is 4. The first-order valence-corrected chi connectivity index (χ1v) is 3.31. The minimum Gasteiger partial charge on any atom is -0.505 e. The minimum absolute atomic E-state index is 0.130. The van der Waals surface area contributed by atoms with Crippen molar-refractivity contribution in [3.8, 4) is 5.75 Å². The minimum atomic E-state index is -0.530. The zero-order valence-corrected chi connectivity index (χ0v) is 6.53. The highest BCUT2D eigenvalue weighted by molar-refractivity contribution is 5.96. The summed E-state index contributed by atoms with van der Waals surface area (Å²) in [4.78, 5) is 14.7. The quantitative estimate of drug-likeness (QED) is 0.304. The Balaban J connectivity index is 3.13. The number of amides is 1. The van der Waals surface area contributed by atoms with Gasteiger partial charge in [0.1, 0.15) is 5.75 Å². The van der Waals surface area contributed by atoms with Gasteiger partial charge < -0.3 is 5.11 Å². The largest absolute Gasteiger partial charge is 0.505 e. The molecule has 1 rings (SSSR count). The Morgan fingerprint density at radius 3 is 3.00 bits per heavy atom. The summed E-state index contributed by atoms with van der Waals surface area (Å²) >= 11 is 0. The highest BCUT2D eigenvalue weighted by Crippen LogP contribution is 2.14. The number of hydrogen-bond donors (Lipinski definition) is 3. The number of aryl methyl sites for hydroxylation is 1. The van der Waals surface area contributed by atoms with E-state index in [2.05, 4.69) is 4.98 Å². The summed E-state index contributed by atoms with van der Waals surface area (Å²) in [5, 5.41) is 9.16. The van der Waals surface area contributed by atoms with Gasteiger partial charge in [0.15, 0.2) is 0 Å². The number of hydrazine groups is 1. The van der Waals surface area contributed by atoms with E-state index in [-0.39, 0.29) is 11.3 Å². The molecule has 0 saturated heterocycles. The van der Waals surface area contributed by atoms with Crippen LogP contribution in [0.5, 0.6) is 5.75 Å². The average molecular weight is 167 g/mol. The van der Waals surface area contributed by atoms with Gasteiger partial charge in [0.2, 0.25) is 0 Å². The number of nitrogens with two attached hydrogens (primary N) is 1. The fraction of sp³-hybridized carbons (Fsp3) is 0.143. The topological polar surface area (TPSA) is 88.2 Å². The smallest absolute Gasteiger partial charge is 0.269 e. The lowest BCUT2D eigenvalue weighted by atomic mass is 10.2. The second-order valence-corrected chi connectivity index (χ2v) is 2.32. The van der Waals surface area contributed by atoms with Crippen LogP contribution in [0.1, 0.15) is 16.1 Å². The van der Waals surface area contributed by atoms with Gasteiger partial charge in [-0.25, -0.2) is 5.84 Å². The van der Waals surface area contributed by atoms with Crippen LogP contribution in [-0.4, -0.2) is 16.0 Å². The van der Waals surface area contributed by atoms with Crippen molar-refractivity contribution in [2.75, 3.05) is 0 Å². The van der Waals surface area contributed by atoms with Gasteiger partial charge in [0.05, 0.1) is 11.8 Å². The maximum absolute atomic E-state index is 11.0. The molecule has 0 unspecified atom stereocenters. The van der Waals surface area contributed by atoms with Crippen molar-refractivity contribution in [2.45, 2.75) is 6.92 Å². The molecule has 0 aliphatic rings. The van der Waals surface area contributed by atoms with Gasteiger partial charge in [0.25, 0.3) is 5.91 Å². The van der Waals surface area contributed by atoms with E-state index in [0.29, 0.717) is 5.69 Å². The SMILES string of the molecule is Cc1cc(C(=O)NN)c(O)cn1. The van der Waals surface area contributed by atoms with E-state index in [1.54, 1.807) is 6.92 Å². The van der Waals surface area contributed by atoms with Crippen molar-refractivity contribution < 1.29 is 9.90 Å². The molecule has 1 aromatic rings. The van der Waals surface area contributed by atoms with Crippen molar-refractivity contribution in [3.05, 3.63) is 23.5 Å². The third-order valence-corrected chi connectivity index (χ3v) is 1.40. The Kier molecular flexibility index (Phi) is 2.25. The number of nitrogens with zero attached hydrogens (tertiary/aromatic N) is 1. The van der Waals surface area contributed by atoms with Crippen molar-refractivity contribution in [1.29, 1.82) is 0 Å². The summed E-state index contributed by atoms with van der Waals surface area (Å²) < 4.78 is 0. The van der Waals surface area contributed by atoms with Crippen LogP contribution in [0.4, 0.5) is 0 Å². The van der Waals surface area contributed by atoms with Gasteiger partial charge in [-0.15, -0.1) is 0 Å². The molecule has 1 amide bonds. The number of nitrogen functional groups attached to an aromatic ring is 1. The van der Waals surface area contributed by atoms with Gasteiger partial charge in [0, 0.05) is 5.69 Å². The van der Waals surface area contributed by atoms with E-state index < -0.39 is 5.91 Å². The Labute approximate surface area is 69.2 Å². The van der Waals surface area contributed by atoms with Crippen molar-refractivity contribution in [3.63, 3.8) is 0 Å². The molecule has 64 valence electrons. The second-order valence-electron chi connectivity index (χ2n) is 2.32. The zero-order valence-electron chi connectivity index (χ0n) is 6.53. The van der Waals surface area contributed by atoms with E-state index in [1.807, 2.05) is 5.43 Å². The Morgan fingerprint density at radius 2 is 2.42 bits per heavy atom.